The fourth-order valence-electron chi connectivity index (χ4n) is 4.06. The van der Waals surface area contributed by atoms with Crippen LogP contribution in [0.3, 0.4) is 0 Å². The summed E-state index contributed by atoms with van der Waals surface area (Å²) in [5, 5.41) is 12.7. The van der Waals surface area contributed by atoms with Crippen LogP contribution in [0.4, 0.5) is 23.2 Å². The van der Waals surface area contributed by atoms with Gasteiger partial charge in [-0.1, -0.05) is 35.9 Å². The fourth-order valence-corrected chi connectivity index (χ4v) is 4.06. The molecule has 0 unspecified atom stereocenters. The summed E-state index contributed by atoms with van der Waals surface area (Å²) in [5.41, 5.74) is 0.342. The summed E-state index contributed by atoms with van der Waals surface area (Å²) in [6.07, 6.45) is 13.9. The molecule has 7 rings (SSSR count). The average Bonchev–Trinajstić information content (AvgIpc) is 3.89. The summed E-state index contributed by atoms with van der Waals surface area (Å²) < 4.78 is 57.9. The predicted octanol–water partition coefficient (Wildman–Crippen LogP) is 6.41. The number of hydrogen-bond acceptors (Lipinski definition) is 5. The van der Waals surface area contributed by atoms with E-state index in [1.54, 1.807) is 75.0 Å². The van der Waals surface area contributed by atoms with Gasteiger partial charge in [-0.05, 0) is 41.7 Å². The zero-order valence-electron chi connectivity index (χ0n) is 24.3. The molecular formula is C32H20BF4Ir2N9-2. The van der Waals surface area contributed by atoms with Gasteiger partial charge in [0.1, 0.15) is 0 Å². The molecule has 0 saturated carbocycles. The van der Waals surface area contributed by atoms with Crippen molar-refractivity contribution in [2.75, 3.05) is 0 Å². The van der Waals surface area contributed by atoms with E-state index in [0.717, 1.165) is 18.2 Å². The molecule has 2 radical (unpaired) electrons. The second-order valence-corrected chi connectivity index (χ2v) is 9.06. The second-order valence-electron chi connectivity index (χ2n) is 9.06. The Labute approximate surface area is 300 Å². The Hall–Kier alpha value is -5.06. The summed E-state index contributed by atoms with van der Waals surface area (Å²) in [5.74, 6) is -3.12. The van der Waals surface area contributed by atoms with E-state index in [-0.39, 0.29) is 58.5 Å². The monoisotopic (exact) mass is 1000 g/mol. The molecule has 2 aromatic carbocycles. The topological polar surface area (TPSA) is 83.6 Å². The van der Waals surface area contributed by atoms with E-state index < -0.39 is 29.0 Å². The van der Waals surface area contributed by atoms with E-state index in [9.17, 15) is 17.6 Å². The first kappa shape index (κ1) is 37.4. The van der Waals surface area contributed by atoms with Gasteiger partial charge < -0.3 is 9.97 Å². The van der Waals surface area contributed by atoms with Crippen molar-refractivity contribution in [3.63, 3.8) is 0 Å². The van der Waals surface area contributed by atoms with Crippen molar-refractivity contribution in [1.82, 2.24) is 39.0 Å². The number of aromatic nitrogens is 8. The molecule has 0 aliphatic heterocycles. The molecule has 0 atom stereocenters. The van der Waals surface area contributed by atoms with Crippen LogP contribution >= 0.6 is 0 Å². The summed E-state index contributed by atoms with van der Waals surface area (Å²) in [7, 11) is -0.194. The van der Waals surface area contributed by atoms with E-state index in [1.807, 2.05) is 36.8 Å². The van der Waals surface area contributed by atoms with Gasteiger partial charge in [-0.25, -0.2) is 0 Å². The molecular weight excluding hydrogens is 982 g/mol. The Morgan fingerprint density at radius 1 is 0.625 bits per heavy atom. The Bertz CT molecular complexity index is 1930. The van der Waals surface area contributed by atoms with E-state index in [4.69, 9.17) is 6.57 Å². The number of rotatable bonds is 5. The molecule has 5 aromatic heterocycles. The van der Waals surface area contributed by atoms with Crippen LogP contribution in [0.2, 0.25) is 0 Å². The zero-order valence-corrected chi connectivity index (χ0v) is 29.1. The molecule has 0 amide bonds. The van der Waals surface area contributed by atoms with Gasteiger partial charge >= 0.3 is 7.12 Å². The van der Waals surface area contributed by atoms with Gasteiger partial charge in [0.25, 0.3) is 0 Å². The minimum Gasteiger partial charge on any atom is -0.305 e. The maximum atomic E-state index is 13.7. The van der Waals surface area contributed by atoms with Crippen molar-refractivity contribution >= 4 is 12.8 Å². The van der Waals surface area contributed by atoms with Gasteiger partial charge in [-0.15, -0.1) is 29.8 Å². The Kier molecular flexibility index (Phi) is 14.3. The van der Waals surface area contributed by atoms with Gasteiger partial charge in [0.05, 0.1) is 6.57 Å². The summed E-state index contributed by atoms with van der Waals surface area (Å²) in [6.45, 7) is 6.70. The van der Waals surface area contributed by atoms with E-state index in [2.05, 4.69) is 42.2 Å². The van der Waals surface area contributed by atoms with Crippen LogP contribution in [0.1, 0.15) is 0 Å². The zero-order chi connectivity index (χ0) is 32.3. The Morgan fingerprint density at radius 3 is 1.54 bits per heavy atom. The molecule has 0 spiro atoms. The molecule has 48 heavy (non-hydrogen) atoms. The molecule has 5 heterocycles. The maximum absolute atomic E-state index is 13.7. The third kappa shape index (κ3) is 9.27. The van der Waals surface area contributed by atoms with Crippen molar-refractivity contribution in [3.05, 3.63) is 169 Å². The number of nitrogens with zero attached hydrogens (tertiary/aromatic N) is 9. The van der Waals surface area contributed by atoms with Crippen LogP contribution in [0.5, 0.6) is 0 Å². The van der Waals surface area contributed by atoms with E-state index in [0.29, 0.717) is 11.4 Å². The van der Waals surface area contributed by atoms with Crippen LogP contribution in [-0.4, -0.2) is 46.2 Å². The molecule has 0 bridgehead atoms. The number of hydrogen-bond donors (Lipinski definition) is 0. The van der Waals surface area contributed by atoms with Crippen LogP contribution in [-0.2, 0) is 40.2 Å². The minimum atomic E-state index is -0.922. The van der Waals surface area contributed by atoms with Gasteiger partial charge in [0.15, 0.2) is 5.69 Å². The first-order valence-electron chi connectivity index (χ1n) is 13.4. The minimum absolute atomic E-state index is 0. The van der Waals surface area contributed by atoms with Gasteiger partial charge in [-0.2, -0.15) is 15.3 Å². The van der Waals surface area contributed by atoms with Crippen molar-refractivity contribution in [2.24, 2.45) is 0 Å². The summed E-state index contributed by atoms with van der Waals surface area (Å²) in [6, 6.07) is 23.5. The van der Waals surface area contributed by atoms with Crippen LogP contribution < -0.4 is 0 Å². The number of pyridine rings is 2. The second kappa shape index (κ2) is 18.3. The van der Waals surface area contributed by atoms with Crippen LogP contribution in [0.15, 0.2) is 122 Å². The maximum Gasteiger partial charge on any atom is 0.568 e. The number of benzene rings is 2. The molecule has 9 nitrogen and oxygen atoms in total. The first-order chi connectivity index (χ1) is 22.5. The summed E-state index contributed by atoms with van der Waals surface area (Å²) in [4.78, 5) is 10.7. The Balaban J connectivity index is 0.000000192. The normalized spacial score (nSPS) is 9.73. The SMILES string of the molecule is Fc1c[c-]c(-c2ccccn2)c(F)c1.[C-]#[N+]c1c(F)c[c-]c(-c2ccccn2)c1F.[Ir].[Ir].c1cnn(B(n2cccn2)n2cccn2)c1. The molecule has 0 fully saturated rings. The van der Waals surface area contributed by atoms with Crippen molar-refractivity contribution in [2.45, 2.75) is 0 Å². The van der Waals surface area contributed by atoms with Gasteiger partial charge in [0.2, 0.25) is 0 Å². The van der Waals surface area contributed by atoms with E-state index >= 15 is 0 Å². The van der Waals surface area contributed by atoms with Gasteiger partial charge in [-0.3, -0.25) is 36.2 Å². The molecule has 0 aliphatic rings. The fraction of sp³-hybridized carbons (Fsp3) is 0. The third-order valence-corrected chi connectivity index (χ3v) is 6.09. The molecule has 16 heteroatoms. The molecule has 0 saturated heterocycles. The molecule has 7 aromatic rings. The first-order valence-corrected chi connectivity index (χ1v) is 13.4. The van der Waals surface area contributed by atoms with Crippen molar-refractivity contribution < 1.29 is 57.8 Å². The van der Waals surface area contributed by atoms with Crippen LogP contribution in [0.25, 0.3) is 27.4 Å². The van der Waals surface area contributed by atoms with Crippen molar-refractivity contribution in [3.8, 4) is 22.5 Å². The van der Waals surface area contributed by atoms with Crippen LogP contribution in [0, 0.1) is 42.0 Å². The molecule has 0 N–H and O–H groups in total. The summed E-state index contributed by atoms with van der Waals surface area (Å²) >= 11 is 0. The number of halogens is 4. The van der Waals surface area contributed by atoms with E-state index in [1.165, 1.54) is 6.20 Å². The third-order valence-electron chi connectivity index (χ3n) is 6.09. The largest absolute Gasteiger partial charge is 0.568 e. The molecule has 244 valence electrons. The standard InChI is InChI=1S/C12H5F2N2.C11H6F2N.C9H9BN6.2Ir/c1-15-12-9(13)6-5-8(11(12)14)10-4-2-3-7-16-10;12-8-4-5-9(10(13)7-8)11-3-1-2-6-14-11;1-4-11-14(7-1)10(15-8-2-5-12-15)16-9-3-6-13-16;;/h2-4,6-7H;1-4,6-7H;1-9H;;/q2*-1;;;. The van der Waals surface area contributed by atoms with Gasteiger partial charge in [0, 0.05) is 113 Å². The average molecular weight is 1000 g/mol. The quantitative estimate of drug-likeness (QED) is 0.113. The smallest absolute Gasteiger partial charge is 0.305 e. The molecule has 0 aliphatic carbocycles. The Morgan fingerprint density at radius 2 is 1.12 bits per heavy atom. The predicted molar refractivity (Wildman–Crippen MR) is 162 cm³/mol. The van der Waals surface area contributed by atoms with Crippen molar-refractivity contribution in [1.29, 1.82) is 0 Å².